The average molecular weight is 254 g/mol. The van der Waals surface area contributed by atoms with E-state index >= 15 is 0 Å². The summed E-state index contributed by atoms with van der Waals surface area (Å²) in [5, 5.41) is 7.43. The van der Waals surface area contributed by atoms with Crippen LogP contribution in [0.15, 0.2) is 5.38 Å². The molecule has 0 unspecified atom stereocenters. The molecule has 1 aromatic rings. The third-order valence-electron chi connectivity index (χ3n) is 2.33. The minimum Gasteiger partial charge on any atom is -0.375 e. The van der Waals surface area contributed by atoms with Crippen LogP contribution >= 0.6 is 11.3 Å². The highest BCUT2D eigenvalue weighted by Gasteiger charge is 2.22. The molecule has 0 spiro atoms. The first-order chi connectivity index (χ1) is 8.15. The highest BCUT2D eigenvalue weighted by Crippen LogP contribution is 2.18. The molecule has 0 atom stereocenters. The molecule has 17 heavy (non-hydrogen) atoms. The second-order valence-corrected chi connectivity index (χ2v) is 4.81. The number of rotatable bonds is 5. The Morgan fingerprint density at radius 1 is 1.53 bits per heavy atom. The molecule has 1 aliphatic carbocycles. The summed E-state index contributed by atoms with van der Waals surface area (Å²) in [6, 6.07) is 0.358. The summed E-state index contributed by atoms with van der Waals surface area (Å²) in [6.45, 7) is 0.314. The van der Waals surface area contributed by atoms with Gasteiger partial charge in [-0.25, -0.2) is 4.98 Å². The first-order valence-electron chi connectivity index (χ1n) is 5.43. The van der Waals surface area contributed by atoms with Crippen LogP contribution in [-0.4, -0.2) is 29.4 Å². The second-order valence-electron chi connectivity index (χ2n) is 3.92. The number of amides is 2. The van der Waals surface area contributed by atoms with Gasteiger partial charge in [-0.3, -0.25) is 9.59 Å². The zero-order valence-electron chi connectivity index (χ0n) is 9.23. The molecule has 0 aliphatic heterocycles. The molecule has 1 fully saturated rings. The number of hydrogen-bond donors (Lipinski definition) is 3. The van der Waals surface area contributed by atoms with Gasteiger partial charge in [0, 0.05) is 24.4 Å². The third kappa shape index (κ3) is 3.70. The molecule has 1 heterocycles. The van der Waals surface area contributed by atoms with E-state index in [4.69, 9.17) is 5.73 Å². The number of aromatic nitrogens is 1. The monoisotopic (exact) mass is 254 g/mol. The maximum Gasteiger partial charge on any atom is 0.270 e. The number of carbonyl (C=O) groups excluding carboxylic acids is 2. The summed E-state index contributed by atoms with van der Waals surface area (Å²) in [5.74, 6) is -0.317. The van der Waals surface area contributed by atoms with Crippen LogP contribution in [0, 0.1) is 0 Å². The Balaban J connectivity index is 1.67. The van der Waals surface area contributed by atoms with E-state index in [1.54, 1.807) is 5.38 Å². The molecule has 0 saturated heterocycles. The van der Waals surface area contributed by atoms with Crippen LogP contribution < -0.4 is 16.4 Å². The van der Waals surface area contributed by atoms with E-state index < -0.39 is 0 Å². The average Bonchev–Trinajstić information content (AvgIpc) is 2.97. The zero-order valence-corrected chi connectivity index (χ0v) is 10.0. The number of nitrogens with two attached hydrogens (primary N) is 1. The van der Waals surface area contributed by atoms with Gasteiger partial charge in [0.2, 0.25) is 5.91 Å². The lowest BCUT2D eigenvalue weighted by molar-refractivity contribution is -0.121. The van der Waals surface area contributed by atoms with Gasteiger partial charge >= 0.3 is 0 Å². The Morgan fingerprint density at radius 3 is 2.88 bits per heavy atom. The topological polar surface area (TPSA) is 97.1 Å². The molecule has 0 aromatic carbocycles. The number of carbonyl (C=O) groups is 2. The largest absolute Gasteiger partial charge is 0.375 e. The predicted octanol–water partition coefficient (Wildman–Crippen LogP) is 0.124. The zero-order chi connectivity index (χ0) is 12.3. The normalized spacial score (nSPS) is 14.4. The molecular weight excluding hydrogens is 240 g/mol. The van der Waals surface area contributed by atoms with Crippen molar-refractivity contribution < 1.29 is 9.59 Å². The molecule has 2 rings (SSSR count). The molecule has 0 bridgehead atoms. The lowest BCUT2D eigenvalue weighted by Gasteiger charge is -2.04. The molecule has 1 aliphatic rings. The van der Waals surface area contributed by atoms with Crippen LogP contribution in [-0.2, 0) is 4.79 Å². The lowest BCUT2D eigenvalue weighted by Crippen LogP contribution is -2.31. The van der Waals surface area contributed by atoms with E-state index in [0.29, 0.717) is 29.8 Å². The van der Waals surface area contributed by atoms with Crippen LogP contribution in [0.5, 0.6) is 0 Å². The summed E-state index contributed by atoms with van der Waals surface area (Å²) in [5.41, 5.74) is 5.72. The van der Waals surface area contributed by atoms with Crippen molar-refractivity contribution in [2.24, 2.45) is 0 Å². The van der Waals surface area contributed by atoms with Crippen LogP contribution in [0.4, 0.5) is 5.13 Å². The maximum atomic E-state index is 11.5. The van der Waals surface area contributed by atoms with Crippen molar-refractivity contribution in [1.29, 1.82) is 0 Å². The van der Waals surface area contributed by atoms with E-state index in [-0.39, 0.29) is 11.8 Å². The van der Waals surface area contributed by atoms with Crippen molar-refractivity contribution in [2.45, 2.75) is 25.3 Å². The van der Waals surface area contributed by atoms with Crippen molar-refractivity contribution in [3.63, 3.8) is 0 Å². The number of anilines is 1. The first-order valence-corrected chi connectivity index (χ1v) is 6.31. The number of nitrogens with zero attached hydrogens (tertiary/aromatic N) is 1. The highest BCUT2D eigenvalue weighted by molar-refractivity contribution is 7.13. The standard InChI is InChI=1S/C10H14N4O2S/c11-10-14-7(5-17-10)9(16)12-4-3-8(15)13-6-1-2-6/h5-6H,1-4H2,(H2,11,14)(H,12,16)(H,13,15). The molecule has 1 saturated carbocycles. The first kappa shape index (κ1) is 11.8. The van der Waals surface area contributed by atoms with E-state index in [0.717, 1.165) is 12.8 Å². The van der Waals surface area contributed by atoms with Crippen LogP contribution in [0.1, 0.15) is 29.8 Å². The van der Waals surface area contributed by atoms with E-state index in [9.17, 15) is 9.59 Å². The van der Waals surface area contributed by atoms with E-state index in [1.807, 2.05) is 0 Å². The highest BCUT2D eigenvalue weighted by atomic mass is 32.1. The van der Waals surface area contributed by atoms with Gasteiger partial charge in [-0.2, -0.15) is 0 Å². The molecule has 7 heteroatoms. The van der Waals surface area contributed by atoms with E-state index in [1.165, 1.54) is 11.3 Å². The fraction of sp³-hybridized carbons (Fsp3) is 0.500. The molecule has 4 N–H and O–H groups in total. The van der Waals surface area contributed by atoms with Gasteiger partial charge in [0.1, 0.15) is 5.69 Å². The van der Waals surface area contributed by atoms with Crippen molar-refractivity contribution in [1.82, 2.24) is 15.6 Å². The summed E-state index contributed by atoms with van der Waals surface area (Å²) in [6.07, 6.45) is 2.42. The molecule has 6 nitrogen and oxygen atoms in total. The lowest BCUT2D eigenvalue weighted by atomic mass is 10.3. The Kier molecular flexibility index (Phi) is 3.58. The summed E-state index contributed by atoms with van der Waals surface area (Å²) >= 11 is 1.22. The summed E-state index contributed by atoms with van der Waals surface area (Å²) < 4.78 is 0. The predicted molar refractivity (Wildman–Crippen MR) is 64.6 cm³/mol. The van der Waals surface area contributed by atoms with Crippen LogP contribution in [0.2, 0.25) is 0 Å². The number of nitrogens with one attached hydrogen (secondary N) is 2. The van der Waals surface area contributed by atoms with Crippen molar-refractivity contribution in [2.75, 3.05) is 12.3 Å². The van der Waals surface area contributed by atoms with Gasteiger partial charge in [-0.15, -0.1) is 11.3 Å². The maximum absolute atomic E-state index is 11.5. The quantitative estimate of drug-likeness (QED) is 0.695. The molecule has 2 amide bonds. The van der Waals surface area contributed by atoms with Crippen molar-refractivity contribution in [3.8, 4) is 0 Å². The summed E-state index contributed by atoms with van der Waals surface area (Å²) in [4.78, 5) is 26.7. The van der Waals surface area contributed by atoms with E-state index in [2.05, 4.69) is 15.6 Å². The van der Waals surface area contributed by atoms with Crippen LogP contribution in [0.3, 0.4) is 0 Å². The minimum atomic E-state index is -0.294. The van der Waals surface area contributed by atoms with Gasteiger partial charge in [0.15, 0.2) is 5.13 Å². The van der Waals surface area contributed by atoms with Gasteiger partial charge in [-0.05, 0) is 12.8 Å². The fourth-order valence-corrected chi connectivity index (χ4v) is 1.84. The van der Waals surface area contributed by atoms with Gasteiger partial charge < -0.3 is 16.4 Å². The van der Waals surface area contributed by atoms with Gasteiger partial charge in [0.25, 0.3) is 5.91 Å². The molecule has 0 radical (unpaired) electrons. The Morgan fingerprint density at radius 2 is 2.29 bits per heavy atom. The smallest absolute Gasteiger partial charge is 0.270 e. The van der Waals surface area contributed by atoms with Crippen molar-refractivity contribution in [3.05, 3.63) is 11.1 Å². The molecule has 92 valence electrons. The summed E-state index contributed by atoms with van der Waals surface area (Å²) in [7, 11) is 0. The number of nitrogen functional groups attached to an aromatic ring is 1. The van der Waals surface area contributed by atoms with Gasteiger partial charge in [0.05, 0.1) is 0 Å². The third-order valence-corrected chi connectivity index (χ3v) is 3.01. The number of thiazole rings is 1. The Bertz CT molecular complexity index is 428. The van der Waals surface area contributed by atoms with Crippen molar-refractivity contribution >= 4 is 28.3 Å². The van der Waals surface area contributed by atoms with Crippen LogP contribution in [0.25, 0.3) is 0 Å². The Hall–Kier alpha value is -1.63. The molecule has 1 aromatic heterocycles. The minimum absolute atomic E-state index is 0.0226. The fourth-order valence-electron chi connectivity index (χ4n) is 1.30. The second kappa shape index (κ2) is 5.13. The van der Waals surface area contributed by atoms with Gasteiger partial charge in [-0.1, -0.05) is 0 Å². The number of hydrogen-bond acceptors (Lipinski definition) is 5. The SMILES string of the molecule is Nc1nc(C(=O)NCCC(=O)NC2CC2)cs1. The Labute approximate surface area is 103 Å². The molecular formula is C10H14N4O2S.